The maximum absolute atomic E-state index is 11.1. The molecule has 2 rings (SSSR count). The van der Waals surface area contributed by atoms with Crippen molar-refractivity contribution in [3.8, 4) is 0 Å². The van der Waals surface area contributed by atoms with Gasteiger partial charge in [0.05, 0.1) is 29.1 Å². The molecule has 0 saturated heterocycles. The molecule has 2 aromatic rings. The first-order valence-corrected chi connectivity index (χ1v) is 6.59. The molecule has 0 radical (unpaired) electrons. The smallest absolute Gasteiger partial charge is 0.339 e. The number of halogens is 2. The Bertz CT molecular complexity index is 668. The lowest BCUT2D eigenvalue weighted by atomic mass is 10.2. The van der Waals surface area contributed by atoms with Gasteiger partial charge < -0.3 is 10.4 Å². The normalized spacial score (nSPS) is 10.6. The van der Waals surface area contributed by atoms with E-state index in [4.69, 9.17) is 28.3 Å². The molecule has 20 heavy (non-hydrogen) atoms. The molecule has 0 amide bonds. The highest BCUT2D eigenvalue weighted by Crippen LogP contribution is 2.29. The Labute approximate surface area is 126 Å². The van der Waals surface area contributed by atoms with E-state index in [1.165, 1.54) is 10.9 Å². The van der Waals surface area contributed by atoms with Crippen LogP contribution in [0, 0.1) is 6.92 Å². The van der Waals surface area contributed by atoms with Gasteiger partial charge in [-0.3, -0.25) is 4.68 Å². The first kappa shape index (κ1) is 14.7. The summed E-state index contributed by atoms with van der Waals surface area (Å²) in [6.07, 6.45) is 1.32. The molecule has 0 aliphatic rings. The molecule has 0 aliphatic carbocycles. The fourth-order valence-electron chi connectivity index (χ4n) is 1.81. The van der Waals surface area contributed by atoms with Gasteiger partial charge in [-0.25, -0.2) is 4.79 Å². The molecular formula is C13H13Cl2N3O2. The third kappa shape index (κ3) is 2.89. The van der Waals surface area contributed by atoms with E-state index in [1.54, 1.807) is 19.2 Å². The summed E-state index contributed by atoms with van der Waals surface area (Å²) in [6.45, 7) is 2.15. The van der Waals surface area contributed by atoms with Crippen molar-refractivity contribution < 1.29 is 9.90 Å². The molecule has 7 heteroatoms. The molecule has 1 aromatic heterocycles. The third-order valence-electron chi connectivity index (χ3n) is 2.99. The largest absolute Gasteiger partial charge is 0.478 e. The van der Waals surface area contributed by atoms with Crippen molar-refractivity contribution in [2.75, 3.05) is 5.32 Å². The highest BCUT2D eigenvalue weighted by Gasteiger charge is 2.15. The highest BCUT2D eigenvalue weighted by atomic mass is 35.5. The fourth-order valence-corrected chi connectivity index (χ4v) is 2.26. The van der Waals surface area contributed by atoms with Gasteiger partial charge in [0.15, 0.2) is 0 Å². The van der Waals surface area contributed by atoms with E-state index in [1.807, 2.05) is 6.92 Å². The Morgan fingerprint density at radius 2 is 2.10 bits per heavy atom. The SMILES string of the molecule is Cc1cc(Cl)c(NCc2c(C(=O)O)cnn2C)cc1Cl. The van der Waals surface area contributed by atoms with Gasteiger partial charge in [0.25, 0.3) is 0 Å². The second kappa shape index (κ2) is 5.73. The minimum Gasteiger partial charge on any atom is -0.478 e. The zero-order valence-electron chi connectivity index (χ0n) is 10.9. The summed E-state index contributed by atoms with van der Waals surface area (Å²) in [4.78, 5) is 11.1. The first-order chi connectivity index (χ1) is 9.40. The van der Waals surface area contributed by atoms with Crippen LogP contribution in [0.2, 0.25) is 10.0 Å². The second-order valence-electron chi connectivity index (χ2n) is 4.37. The van der Waals surface area contributed by atoms with Crippen LogP contribution in [0.1, 0.15) is 21.6 Å². The number of aryl methyl sites for hydroxylation is 2. The van der Waals surface area contributed by atoms with E-state index < -0.39 is 5.97 Å². The molecule has 0 fully saturated rings. The Kier molecular flexibility index (Phi) is 4.20. The maximum Gasteiger partial charge on any atom is 0.339 e. The number of nitrogens with one attached hydrogen (secondary N) is 1. The van der Waals surface area contributed by atoms with E-state index in [9.17, 15) is 4.79 Å². The van der Waals surface area contributed by atoms with Crippen LogP contribution in [0.4, 0.5) is 5.69 Å². The summed E-state index contributed by atoms with van der Waals surface area (Å²) in [7, 11) is 1.69. The molecule has 1 heterocycles. The molecule has 0 spiro atoms. The average Bonchev–Trinajstić information content (AvgIpc) is 2.74. The van der Waals surface area contributed by atoms with Crippen LogP contribution in [0.3, 0.4) is 0 Å². The van der Waals surface area contributed by atoms with E-state index in [2.05, 4.69) is 10.4 Å². The van der Waals surface area contributed by atoms with Gasteiger partial charge in [-0.2, -0.15) is 5.10 Å². The summed E-state index contributed by atoms with van der Waals surface area (Å²) >= 11 is 12.2. The van der Waals surface area contributed by atoms with E-state index >= 15 is 0 Å². The molecule has 2 N–H and O–H groups in total. The van der Waals surface area contributed by atoms with Crippen LogP contribution in [0.15, 0.2) is 18.3 Å². The van der Waals surface area contributed by atoms with Crippen LogP contribution in [0.25, 0.3) is 0 Å². The van der Waals surface area contributed by atoms with Gasteiger partial charge in [0.1, 0.15) is 5.56 Å². The maximum atomic E-state index is 11.1. The van der Waals surface area contributed by atoms with Crippen molar-refractivity contribution in [2.45, 2.75) is 13.5 Å². The van der Waals surface area contributed by atoms with Crippen LogP contribution in [-0.4, -0.2) is 20.9 Å². The van der Waals surface area contributed by atoms with Crippen LogP contribution < -0.4 is 5.32 Å². The molecular weight excluding hydrogens is 301 g/mol. The number of carbonyl (C=O) groups is 1. The number of carboxylic acid groups (broad SMARTS) is 1. The van der Waals surface area contributed by atoms with Crippen LogP contribution in [0.5, 0.6) is 0 Å². The van der Waals surface area contributed by atoms with Crippen molar-refractivity contribution in [2.24, 2.45) is 7.05 Å². The molecule has 0 bridgehead atoms. The fraction of sp³-hybridized carbons (Fsp3) is 0.231. The van der Waals surface area contributed by atoms with Crippen molar-refractivity contribution >= 4 is 34.9 Å². The monoisotopic (exact) mass is 313 g/mol. The Balaban J connectivity index is 2.23. The first-order valence-electron chi connectivity index (χ1n) is 5.84. The van der Waals surface area contributed by atoms with Crippen molar-refractivity contribution in [3.63, 3.8) is 0 Å². The topological polar surface area (TPSA) is 67.2 Å². The van der Waals surface area contributed by atoms with E-state index in [0.29, 0.717) is 21.4 Å². The van der Waals surface area contributed by atoms with Crippen LogP contribution >= 0.6 is 23.2 Å². The minimum atomic E-state index is -1.01. The van der Waals surface area contributed by atoms with Gasteiger partial charge in [0.2, 0.25) is 0 Å². The number of carboxylic acids is 1. The van der Waals surface area contributed by atoms with Gasteiger partial charge in [-0.1, -0.05) is 23.2 Å². The minimum absolute atomic E-state index is 0.161. The van der Waals surface area contributed by atoms with Crippen molar-refractivity contribution in [1.82, 2.24) is 9.78 Å². The van der Waals surface area contributed by atoms with Crippen molar-refractivity contribution in [1.29, 1.82) is 0 Å². The lowest BCUT2D eigenvalue weighted by Crippen LogP contribution is -2.10. The number of aromatic carboxylic acids is 1. The number of aromatic nitrogens is 2. The summed E-state index contributed by atoms with van der Waals surface area (Å²) in [5.41, 5.74) is 2.26. The van der Waals surface area contributed by atoms with E-state index in [-0.39, 0.29) is 12.1 Å². The highest BCUT2D eigenvalue weighted by molar-refractivity contribution is 6.35. The Morgan fingerprint density at radius 1 is 1.40 bits per heavy atom. The summed E-state index contributed by atoms with van der Waals surface area (Å²) < 4.78 is 1.51. The predicted molar refractivity (Wildman–Crippen MR) is 78.7 cm³/mol. The summed E-state index contributed by atoms with van der Waals surface area (Å²) in [6, 6.07) is 3.48. The molecule has 0 aliphatic heterocycles. The number of hydrogen-bond donors (Lipinski definition) is 2. The molecule has 0 atom stereocenters. The molecule has 1 aromatic carbocycles. The predicted octanol–water partition coefficient (Wildman–Crippen LogP) is 3.35. The Hall–Kier alpha value is -1.72. The standard InChI is InChI=1S/C13H13Cl2N3O2/c1-7-3-10(15)11(4-9(7)14)16-6-12-8(13(19)20)5-17-18(12)2/h3-5,16H,6H2,1-2H3,(H,19,20). The number of rotatable bonds is 4. The van der Waals surface area contributed by atoms with Crippen molar-refractivity contribution in [3.05, 3.63) is 45.2 Å². The zero-order chi connectivity index (χ0) is 14.9. The lowest BCUT2D eigenvalue weighted by Gasteiger charge is -2.11. The third-order valence-corrected chi connectivity index (χ3v) is 3.71. The lowest BCUT2D eigenvalue weighted by molar-refractivity contribution is 0.0695. The van der Waals surface area contributed by atoms with Gasteiger partial charge in [-0.05, 0) is 24.6 Å². The number of anilines is 1. The summed E-state index contributed by atoms with van der Waals surface area (Å²) in [5.74, 6) is -1.01. The Morgan fingerprint density at radius 3 is 2.75 bits per heavy atom. The van der Waals surface area contributed by atoms with Crippen LogP contribution in [-0.2, 0) is 13.6 Å². The number of benzene rings is 1. The van der Waals surface area contributed by atoms with Gasteiger partial charge in [-0.15, -0.1) is 0 Å². The second-order valence-corrected chi connectivity index (χ2v) is 5.18. The molecule has 106 valence electrons. The van der Waals surface area contributed by atoms with Gasteiger partial charge in [0, 0.05) is 12.1 Å². The quantitative estimate of drug-likeness (QED) is 0.908. The molecule has 0 unspecified atom stereocenters. The summed E-state index contributed by atoms with van der Waals surface area (Å²) in [5, 5.41) is 17.2. The number of hydrogen-bond acceptors (Lipinski definition) is 3. The van der Waals surface area contributed by atoms with E-state index in [0.717, 1.165) is 5.56 Å². The number of nitrogens with zero attached hydrogens (tertiary/aromatic N) is 2. The molecule has 0 saturated carbocycles. The average molecular weight is 314 g/mol. The van der Waals surface area contributed by atoms with Gasteiger partial charge >= 0.3 is 5.97 Å². The molecule has 5 nitrogen and oxygen atoms in total. The zero-order valence-corrected chi connectivity index (χ0v) is 12.5.